The zero-order valence-corrected chi connectivity index (χ0v) is 41.0. The zero-order valence-electron chi connectivity index (χ0n) is 41.0. The molecule has 4 aliphatic rings. The van der Waals surface area contributed by atoms with Gasteiger partial charge in [-0.2, -0.15) is 0 Å². The number of aryl methyl sites for hydroxylation is 1. The summed E-state index contributed by atoms with van der Waals surface area (Å²) in [6.07, 6.45) is 7.27. The van der Waals surface area contributed by atoms with Gasteiger partial charge in [0, 0.05) is 74.3 Å². The summed E-state index contributed by atoms with van der Waals surface area (Å²) in [6, 6.07) is 6.98. The molecule has 1 amide bonds. The number of nitrogens with one attached hydrogen (secondary N) is 1. The number of fused-ring (bicyclic) bond motifs is 4. The van der Waals surface area contributed by atoms with Gasteiger partial charge < -0.3 is 49.1 Å². The van der Waals surface area contributed by atoms with Crippen molar-refractivity contribution in [1.82, 2.24) is 9.47 Å². The summed E-state index contributed by atoms with van der Waals surface area (Å²) in [7, 11) is 3.06. The van der Waals surface area contributed by atoms with Crippen LogP contribution in [0.25, 0.3) is 10.9 Å². The van der Waals surface area contributed by atoms with Crippen molar-refractivity contribution in [1.29, 1.82) is 0 Å². The van der Waals surface area contributed by atoms with Crippen LogP contribution in [0.3, 0.4) is 0 Å². The maximum absolute atomic E-state index is 14.5. The highest BCUT2D eigenvalue weighted by atomic mass is 16.7. The van der Waals surface area contributed by atoms with E-state index in [1.54, 1.807) is 19.9 Å². The third-order valence-corrected chi connectivity index (χ3v) is 15.1. The molecular weight excluding hydrogens is 855 g/mol. The Hall–Kier alpha value is -4.18. The zero-order chi connectivity index (χ0) is 48.7. The van der Waals surface area contributed by atoms with Crippen molar-refractivity contribution in [3.05, 3.63) is 66.4 Å². The number of nitrogens with zero attached hydrogens (tertiary/aromatic N) is 2. The second-order valence-corrected chi connectivity index (χ2v) is 20.1. The van der Waals surface area contributed by atoms with Gasteiger partial charge in [-0.05, 0) is 127 Å². The van der Waals surface area contributed by atoms with E-state index in [4.69, 9.17) is 18.9 Å². The van der Waals surface area contributed by atoms with Crippen LogP contribution in [0.2, 0.25) is 0 Å². The third-order valence-electron chi connectivity index (χ3n) is 15.1. The van der Waals surface area contributed by atoms with E-state index < -0.39 is 83.9 Å². The molecule has 4 heterocycles. The van der Waals surface area contributed by atoms with Crippen LogP contribution in [0.1, 0.15) is 112 Å². The molecule has 1 aliphatic carbocycles. The molecule has 2 aromatic rings. The Bertz CT molecular complexity index is 2130. The lowest BCUT2D eigenvalue weighted by Gasteiger charge is -2.47. The number of piperidine rings is 1. The number of ketones is 2. The van der Waals surface area contributed by atoms with E-state index in [1.807, 2.05) is 39.0 Å². The lowest BCUT2D eigenvalue weighted by atomic mass is 9.81. The number of amides is 1. The smallest absolute Gasteiger partial charge is 0.329 e. The number of allylic oxidation sites excluding steroid dienone is 4. The molecule has 2 saturated heterocycles. The molecule has 4 N–H and O–H groups in total. The molecule has 1 aromatic carbocycles. The van der Waals surface area contributed by atoms with Crippen molar-refractivity contribution in [3.8, 4) is 0 Å². The summed E-state index contributed by atoms with van der Waals surface area (Å²) in [4.78, 5) is 58.5. The number of Topliss-reactive ketones (excluding diaryl/α,β-unsaturated/α-hetero) is 2. The van der Waals surface area contributed by atoms with Crippen LogP contribution in [-0.2, 0) is 44.7 Å². The highest BCUT2D eigenvalue weighted by molar-refractivity contribution is 6.39. The molecule has 2 bridgehead atoms. The van der Waals surface area contributed by atoms with Crippen molar-refractivity contribution < 1.29 is 53.4 Å². The normalized spacial score (nSPS) is 36.6. The van der Waals surface area contributed by atoms with E-state index in [0.717, 1.165) is 35.1 Å². The third kappa shape index (κ3) is 12.0. The van der Waals surface area contributed by atoms with Crippen molar-refractivity contribution in [3.63, 3.8) is 0 Å². The summed E-state index contributed by atoms with van der Waals surface area (Å²) in [5.41, 5.74) is 3.68. The molecule has 1 saturated carbocycles. The number of carbonyl (C=O) groups is 4. The van der Waals surface area contributed by atoms with E-state index >= 15 is 0 Å². The molecule has 14 unspecified atom stereocenters. The number of methoxy groups -OCH3 is 2. The van der Waals surface area contributed by atoms with E-state index in [1.165, 1.54) is 19.1 Å². The second-order valence-electron chi connectivity index (χ2n) is 20.1. The number of esters is 1. The van der Waals surface area contributed by atoms with Crippen molar-refractivity contribution in [2.45, 2.75) is 173 Å². The van der Waals surface area contributed by atoms with Crippen molar-refractivity contribution >= 4 is 40.0 Å². The minimum atomic E-state index is -2.52. The first kappa shape index (κ1) is 52.2. The molecule has 6 rings (SSSR count). The number of aliphatic hydroxyl groups is 3. The quantitative estimate of drug-likeness (QED) is 0.114. The molecule has 14 heteroatoms. The molecule has 0 radical (unpaired) electrons. The SMILES string of the molecule is C=CCC1/C=C(\C)CC(C)CC(OC)C2OC(O)(C(=O)C(=O)N3CCCCC3C(=O)OC(C(C)=CC3CCC(Nc4ccc5c(ccn5CC)c4)C(O)C3)C(C)C(O)CC1=O)C(C)CC2OC. The number of anilines is 1. The van der Waals surface area contributed by atoms with E-state index in [2.05, 4.69) is 47.8 Å². The molecule has 14 atom stereocenters. The van der Waals surface area contributed by atoms with Crippen LogP contribution in [0.5, 0.6) is 0 Å². The summed E-state index contributed by atoms with van der Waals surface area (Å²) in [6.45, 7) is 16.2. The number of hydrogen-bond donors (Lipinski definition) is 4. The number of carbonyl (C=O) groups excluding carboxylic acids is 4. The fourth-order valence-electron chi connectivity index (χ4n) is 11.2. The minimum absolute atomic E-state index is 0.000817. The molecule has 1 aromatic heterocycles. The average molecular weight is 932 g/mol. The van der Waals surface area contributed by atoms with Crippen molar-refractivity contribution in [2.24, 2.45) is 29.6 Å². The summed E-state index contributed by atoms with van der Waals surface area (Å²) in [5, 5.41) is 40.2. The van der Waals surface area contributed by atoms with Gasteiger partial charge >= 0.3 is 5.97 Å². The lowest BCUT2D eigenvalue weighted by molar-refractivity contribution is -0.302. The van der Waals surface area contributed by atoms with Crippen LogP contribution in [-0.4, -0.2) is 123 Å². The van der Waals surface area contributed by atoms with Crippen LogP contribution in [0, 0.1) is 29.6 Å². The predicted octanol–water partition coefficient (Wildman–Crippen LogP) is 7.08. The van der Waals surface area contributed by atoms with Crippen LogP contribution < -0.4 is 5.32 Å². The predicted molar refractivity (Wildman–Crippen MR) is 257 cm³/mol. The van der Waals surface area contributed by atoms with E-state index in [0.29, 0.717) is 50.5 Å². The highest BCUT2D eigenvalue weighted by Gasteiger charge is 2.56. The molecule has 3 aliphatic heterocycles. The highest BCUT2D eigenvalue weighted by Crippen LogP contribution is 2.39. The number of benzene rings is 1. The van der Waals surface area contributed by atoms with Gasteiger partial charge in [-0.3, -0.25) is 14.4 Å². The first-order chi connectivity index (χ1) is 31.9. The molecule has 67 heavy (non-hydrogen) atoms. The minimum Gasteiger partial charge on any atom is -0.456 e. The maximum atomic E-state index is 14.5. The standard InChI is InChI=1S/C53H77N3O11/c1-10-14-38-24-31(3)23-32(4)25-46(64-8)49-47(65-9)27-34(6)53(63,67-49)50(60)51(61)56-21-13-12-15-42(56)52(62)66-48(35(7)43(57)30-44(38)58)33(5)26-36-16-18-40(45(59)28-36)54-39-17-19-41-37(29-39)20-22-55(41)11-2/h10,17,19-20,22,24,26,29,32,34-36,38,40,42-43,45-49,54,57,59,63H,1,11-16,18,21,23,25,27-28,30H2,2-9H3/b31-24+,33-26?. The van der Waals surface area contributed by atoms with Gasteiger partial charge in [0.15, 0.2) is 0 Å². The lowest BCUT2D eigenvalue weighted by Crippen LogP contribution is -2.64. The Labute approximate surface area is 397 Å². The number of hydrogen-bond acceptors (Lipinski definition) is 12. The van der Waals surface area contributed by atoms with Crippen molar-refractivity contribution in [2.75, 3.05) is 26.1 Å². The van der Waals surface area contributed by atoms with Gasteiger partial charge in [-0.25, -0.2) is 4.79 Å². The topological polar surface area (TPSA) is 186 Å². The Morgan fingerprint density at radius 1 is 0.970 bits per heavy atom. The van der Waals surface area contributed by atoms with Crippen LogP contribution >= 0.6 is 0 Å². The molecule has 14 nitrogen and oxygen atoms in total. The Balaban J connectivity index is 1.30. The van der Waals surface area contributed by atoms with E-state index in [9.17, 15) is 34.5 Å². The molecule has 3 fully saturated rings. The number of cyclic esters (lactones) is 1. The average Bonchev–Trinajstić information content (AvgIpc) is 3.72. The fraction of sp³-hybridized carbons (Fsp3) is 0.660. The monoisotopic (exact) mass is 932 g/mol. The molecule has 0 spiro atoms. The van der Waals surface area contributed by atoms with Gasteiger partial charge in [-0.1, -0.05) is 44.6 Å². The van der Waals surface area contributed by atoms with Gasteiger partial charge in [0.05, 0.1) is 30.5 Å². The first-order valence-electron chi connectivity index (χ1n) is 24.6. The summed E-state index contributed by atoms with van der Waals surface area (Å²) < 4.78 is 26.6. The van der Waals surface area contributed by atoms with Gasteiger partial charge in [0.2, 0.25) is 5.79 Å². The largest absolute Gasteiger partial charge is 0.456 e. The molecular formula is C53H77N3O11. The van der Waals surface area contributed by atoms with Gasteiger partial charge in [0.25, 0.3) is 11.7 Å². The van der Waals surface area contributed by atoms with Gasteiger partial charge in [0.1, 0.15) is 24.0 Å². The Morgan fingerprint density at radius 3 is 2.39 bits per heavy atom. The Morgan fingerprint density at radius 2 is 1.70 bits per heavy atom. The van der Waals surface area contributed by atoms with Crippen LogP contribution in [0.15, 0.2) is 66.4 Å². The first-order valence-corrected chi connectivity index (χ1v) is 24.6. The summed E-state index contributed by atoms with van der Waals surface area (Å²) >= 11 is 0. The number of ether oxygens (including phenoxy) is 4. The summed E-state index contributed by atoms with van der Waals surface area (Å²) in [5.74, 6) is -7.92. The maximum Gasteiger partial charge on any atom is 0.329 e. The van der Waals surface area contributed by atoms with Crippen LogP contribution in [0.4, 0.5) is 5.69 Å². The Kier molecular flexibility index (Phi) is 17.9. The fourth-order valence-corrected chi connectivity index (χ4v) is 11.2. The number of aromatic nitrogens is 1. The number of aliphatic hydroxyl groups excluding tert-OH is 2. The van der Waals surface area contributed by atoms with Gasteiger partial charge in [-0.15, -0.1) is 6.58 Å². The van der Waals surface area contributed by atoms with E-state index in [-0.39, 0.29) is 49.5 Å². The number of rotatable bonds is 9. The second kappa shape index (κ2) is 23.0. The molecule has 370 valence electrons.